The maximum absolute atomic E-state index is 12.5. The number of amides is 2. The van der Waals surface area contributed by atoms with E-state index in [-0.39, 0.29) is 41.4 Å². The zero-order chi connectivity index (χ0) is 17.5. The van der Waals surface area contributed by atoms with Gasteiger partial charge in [-0.05, 0) is 23.1 Å². The SMILES string of the molecule is CC(C)(C)c1ccc(O)c(NC(=O)C2CC(=O)N(C3CNC3)C2)c1. The van der Waals surface area contributed by atoms with Crippen LogP contribution in [0.1, 0.15) is 32.8 Å². The molecule has 0 saturated carbocycles. The van der Waals surface area contributed by atoms with Crippen molar-refractivity contribution in [1.82, 2.24) is 10.2 Å². The van der Waals surface area contributed by atoms with Crippen molar-refractivity contribution in [3.8, 4) is 5.75 Å². The quantitative estimate of drug-likeness (QED) is 0.732. The van der Waals surface area contributed by atoms with Gasteiger partial charge in [0.25, 0.3) is 0 Å². The molecule has 0 radical (unpaired) electrons. The minimum Gasteiger partial charge on any atom is -0.506 e. The average Bonchev–Trinajstić information content (AvgIpc) is 2.80. The van der Waals surface area contributed by atoms with Crippen LogP contribution in [0.5, 0.6) is 5.75 Å². The fraction of sp³-hybridized carbons (Fsp3) is 0.556. The van der Waals surface area contributed by atoms with Crippen molar-refractivity contribution in [2.45, 2.75) is 38.6 Å². The maximum Gasteiger partial charge on any atom is 0.229 e. The third-order valence-electron chi connectivity index (χ3n) is 4.85. The number of phenols is 1. The first kappa shape index (κ1) is 16.8. The number of phenolic OH excluding ortho intramolecular Hbond substituents is 1. The molecular weight excluding hydrogens is 306 g/mol. The summed E-state index contributed by atoms with van der Waals surface area (Å²) < 4.78 is 0. The summed E-state index contributed by atoms with van der Waals surface area (Å²) in [6.45, 7) is 8.28. The van der Waals surface area contributed by atoms with Crippen LogP contribution in [-0.4, -0.2) is 47.5 Å². The van der Waals surface area contributed by atoms with Gasteiger partial charge in [0.2, 0.25) is 11.8 Å². The van der Waals surface area contributed by atoms with E-state index in [9.17, 15) is 14.7 Å². The number of nitrogens with zero attached hydrogens (tertiary/aromatic N) is 1. The van der Waals surface area contributed by atoms with Crippen molar-refractivity contribution in [3.05, 3.63) is 23.8 Å². The molecule has 6 nitrogen and oxygen atoms in total. The number of carbonyl (C=O) groups excluding carboxylic acids is 2. The maximum atomic E-state index is 12.5. The van der Waals surface area contributed by atoms with Gasteiger partial charge in [0, 0.05) is 26.1 Å². The Morgan fingerprint density at radius 1 is 1.33 bits per heavy atom. The third kappa shape index (κ3) is 3.24. The van der Waals surface area contributed by atoms with E-state index in [2.05, 4.69) is 31.4 Å². The predicted molar refractivity (Wildman–Crippen MR) is 91.9 cm³/mol. The summed E-state index contributed by atoms with van der Waals surface area (Å²) in [6, 6.07) is 5.47. The minimum atomic E-state index is -0.365. The largest absolute Gasteiger partial charge is 0.506 e. The lowest BCUT2D eigenvalue weighted by molar-refractivity contribution is -0.130. The Kier molecular flexibility index (Phi) is 4.25. The number of likely N-dealkylation sites (tertiary alicyclic amines) is 1. The molecule has 1 aromatic rings. The normalized spacial score (nSPS) is 21.7. The number of aromatic hydroxyl groups is 1. The van der Waals surface area contributed by atoms with Gasteiger partial charge in [-0.25, -0.2) is 0 Å². The van der Waals surface area contributed by atoms with E-state index in [0.29, 0.717) is 12.2 Å². The molecule has 2 aliphatic heterocycles. The van der Waals surface area contributed by atoms with Gasteiger partial charge in [0.15, 0.2) is 0 Å². The van der Waals surface area contributed by atoms with Crippen molar-refractivity contribution >= 4 is 17.5 Å². The first-order valence-corrected chi connectivity index (χ1v) is 8.40. The van der Waals surface area contributed by atoms with Gasteiger partial charge in [-0.2, -0.15) is 0 Å². The highest BCUT2D eigenvalue weighted by molar-refractivity contribution is 5.98. The number of anilines is 1. The molecule has 2 amide bonds. The fourth-order valence-electron chi connectivity index (χ4n) is 3.09. The predicted octanol–water partition coefficient (Wildman–Crippen LogP) is 1.45. The van der Waals surface area contributed by atoms with E-state index in [1.54, 1.807) is 17.0 Å². The summed E-state index contributed by atoms with van der Waals surface area (Å²) in [4.78, 5) is 26.4. The molecule has 0 spiro atoms. The van der Waals surface area contributed by atoms with Crippen LogP contribution in [0, 0.1) is 5.92 Å². The van der Waals surface area contributed by atoms with Crippen molar-refractivity contribution in [2.24, 2.45) is 5.92 Å². The first-order chi connectivity index (χ1) is 11.3. The zero-order valence-electron chi connectivity index (χ0n) is 14.4. The van der Waals surface area contributed by atoms with Gasteiger partial charge >= 0.3 is 0 Å². The van der Waals surface area contributed by atoms with Crippen molar-refractivity contribution in [3.63, 3.8) is 0 Å². The number of hydrogen-bond acceptors (Lipinski definition) is 4. The van der Waals surface area contributed by atoms with Crippen LogP contribution in [0.3, 0.4) is 0 Å². The summed E-state index contributed by atoms with van der Waals surface area (Å²) in [7, 11) is 0. The molecule has 2 saturated heterocycles. The molecule has 0 aromatic heterocycles. The number of hydrogen-bond donors (Lipinski definition) is 3. The molecule has 1 aromatic carbocycles. The van der Waals surface area contributed by atoms with Gasteiger partial charge < -0.3 is 20.6 Å². The molecule has 130 valence electrons. The van der Waals surface area contributed by atoms with Crippen LogP contribution < -0.4 is 10.6 Å². The molecule has 3 rings (SSSR count). The van der Waals surface area contributed by atoms with E-state index in [4.69, 9.17) is 0 Å². The van der Waals surface area contributed by atoms with Gasteiger partial charge in [0.05, 0.1) is 17.6 Å². The summed E-state index contributed by atoms with van der Waals surface area (Å²) in [6.07, 6.45) is 0.238. The first-order valence-electron chi connectivity index (χ1n) is 8.40. The monoisotopic (exact) mass is 331 g/mol. The second-order valence-corrected chi connectivity index (χ2v) is 7.73. The highest BCUT2D eigenvalue weighted by Crippen LogP contribution is 2.32. The van der Waals surface area contributed by atoms with Crippen LogP contribution in [-0.2, 0) is 15.0 Å². The highest BCUT2D eigenvalue weighted by atomic mass is 16.3. The van der Waals surface area contributed by atoms with Crippen LogP contribution >= 0.6 is 0 Å². The van der Waals surface area contributed by atoms with Crippen LogP contribution in [0.2, 0.25) is 0 Å². The Balaban J connectivity index is 1.70. The number of benzene rings is 1. The van der Waals surface area contributed by atoms with E-state index in [0.717, 1.165) is 18.7 Å². The summed E-state index contributed by atoms with van der Waals surface area (Å²) >= 11 is 0. The van der Waals surface area contributed by atoms with Gasteiger partial charge in [-0.3, -0.25) is 9.59 Å². The average molecular weight is 331 g/mol. The van der Waals surface area contributed by atoms with Crippen molar-refractivity contribution in [2.75, 3.05) is 25.0 Å². The van der Waals surface area contributed by atoms with Gasteiger partial charge in [-0.15, -0.1) is 0 Å². The summed E-state index contributed by atoms with van der Waals surface area (Å²) in [5.74, 6) is -0.495. The summed E-state index contributed by atoms with van der Waals surface area (Å²) in [5, 5.41) is 16.0. The van der Waals surface area contributed by atoms with Gasteiger partial charge in [-0.1, -0.05) is 26.8 Å². The smallest absolute Gasteiger partial charge is 0.229 e. The van der Waals surface area contributed by atoms with E-state index in [1.807, 2.05) is 6.07 Å². The Morgan fingerprint density at radius 2 is 2.04 bits per heavy atom. The molecule has 24 heavy (non-hydrogen) atoms. The fourth-order valence-corrected chi connectivity index (χ4v) is 3.09. The van der Waals surface area contributed by atoms with E-state index in [1.165, 1.54) is 0 Å². The third-order valence-corrected chi connectivity index (χ3v) is 4.85. The lowest BCUT2D eigenvalue weighted by atomic mass is 9.87. The molecule has 2 fully saturated rings. The lowest BCUT2D eigenvalue weighted by Gasteiger charge is -2.35. The molecule has 2 heterocycles. The zero-order valence-corrected chi connectivity index (χ0v) is 14.4. The van der Waals surface area contributed by atoms with E-state index >= 15 is 0 Å². The Morgan fingerprint density at radius 3 is 2.62 bits per heavy atom. The lowest BCUT2D eigenvalue weighted by Crippen LogP contribution is -2.57. The summed E-state index contributed by atoms with van der Waals surface area (Å²) in [5.41, 5.74) is 1.36. The molecule has 2 aliphatic rings. The topological polar surface area (TPSA) is 81.7 Å². The van der Waals surface area contributed by atoms with Crippen LogP contribution in [0.4, 0.5) is 5.69 Å². The second kappa shape index (κ2) is 6.09. The van der Waals surface area contributed by atoms with Crippen molar-refractivity contribution in [1.29, 1.82) is 0 Å². The van der Waals surface area contributed by atoms with Crippen molar-refractivity contribution < 1.29 is 14.7 Å². The standard InChI is InChI=1S/C18H25N3O3/c1-18(2,3)12-4-5-15(22)14(7-12)20-17(24)11-6-16(23)21(10-11)13-8-19-9-13/h4-5,7,11,13,19,22H,6,8-10H2,1-3H3,(H,20,24). The van der Waals surface area contributed by atoms with Crippen LogP contribution in [0.25, 0.3) is 0 Å². The Labute approximate surface area is 142 Å². The van der Waals surface area contributed by atoms with E-state index < -0.39 is 0 Å². The highest BCUT2D eigenvalue weighted by Gasteiger charge is 2.39. The molecule has 6 heteroatoms. The molecule has 0 aliphatic carbocycles. The Bertz CT molecular complexity index is 662. The number of carbonyl (C=O) groups is 2. The second-order valence-electron chi connectivity index (χ2n) is 7.73. The number of rotatable bonds is 3. The van der Waals surface area contributed by atoms with Gasteiger partial charge in [0.1, 0.15) is 5.75 Å². The molecule has 3 N–H and O–H groups in total. The molecule has 0 bridgehead atoms. The number of nitrogens with one attached hydrogen (secondary N) is 2. The van der Waals surface area contributed by atoms with Crippen LogP contribution in [0.15, 0.2) is 18.2 Å². The molecule has 1 atom stereocenters. The Hall–Kier alpha value is -2.08. The molecular formula is C18H25N3O3. The molecule has 1 unspecified atom stereocenters. The minimum absolute atomic E-state index is 0.0364.